The third kappa shape index (κ3) is 1.44. The minimum Gasteiger partial charge on any atom is -0.348 e. The van der Waals surface area contributed by atoms with Crippen LogP contribution in [0, 0.1) is 7.05 Å². The van der Waals surface area contributed by atoms with Crippen molar-refractivity contribution in [3.8, 4) is 0 Å². The van der Waals surface area contributed by atoms with Gasteiger partial charge in [-0.1, -0.05) is 5.21 Å². The van der Waals surface area contributed by atoms with E-state index in [4.69, 9.17) is 0 Å². The Kier molecular flexibility index (Phi) is 1.56. The Morgan fingerprint density at radius 3 is 3.00 bits per heavy atom. The lowest BCUT2D eigenvalue weighted by Gasteiger charge is -1.96. The largest absolute Gasteiger partial charge is 0.348 e. The molecule has 0 atom stereocenters. The fourth-order valence-corrected chi connectivity index (χ4v) is 0.889. The average Bonchev–Trinajstić information content (AvgIpc) is 2.72. The van der Waals surface area contributed by atoms with Crippen LogP contribution in [0.15, 0.2) is 6.20 Å². The van der Waals surface area contributed by atoms with Gasteiger partial charge in [-0.3, -0.25) is 4.79 Å². The zero-order valence-electron chi connectivity index (χ0n) is 6.53. The summed E-state index contributed by atoms with van der Waals surface area (Å²) in [6.45, 7) is 0. The number of aromatic nitrogens is 3. The molecule has 1 heterocycles. The molecule has 0 aliphatic heterocycles. The third-order valence-corrected chi connectivity index (χ3v) is 1.68. The molecule has 1 aromatic heterocycles. The molecule has 1 N–H and O–H groups in total. The van der Waals surface area contributed by atoms with Crippen LogP contribution in [0.1, 0.15) is 23.3 Å². The number of nitrogens with zero attached hydrogens (tertiary/aromatic N) is 3. The smallest absolute Gasteiger partial charge is 0.273 e. The van der Waals surface area contributed by atoms with Gasteiger partial charge in [-0.25, -0.2) is 4.68 Å². The number of hydrogen-bond acceptors (Lipinski definition) is 3. The fourth-order valence-electron chi connectivity index (χ4n) is 0.889. The second kappa shape index (κ2) is 2.58. The molecule has 2 rings (SSSR count). The van der Waals surface area contributed by atoms with Gasteiger partial charge in [-0.05, 0) is 12.8 Å². The Morgan fingerprint density at radius 1 is 1.75 bits per heavy atom. The maximum Gasteiger partial charge on any atom is 0.273 e. The predicted octanol–water partition coefficient (Wildman–Crippen LogP) is -0.190. The highest BCUT2D eigenvalue weighted by Gasteiger charge is 2.24. The molecule has 1 saturated carbocycles. The predicted molar refractivity (Wildman–Crippen MR) is 41.3 cm³/mol. The second-order valence-electron chi connectivity index (χ2n) is 2.89. The van der Waals surface area contributed by atoms with Gasteiger partial charge < -0.3 is 5.32 Å². The second-order valence-corrected chi connectivity index (χ2v) is 2.89. The number of amides is 1. The van der Waals surface area contributed by atoms with Crippen LogP contribution in [-0.4, -0.2) is 26.9 Å². The zero-order chi connectivity index (χ0) is 8.55. The lowest BCUT2D eigenvalue weighted by atomic mass is 10.4. The molecule has 63 valence electrons. The van der Waals surface area contributed by atoms with E-state index in [2.05, 4.69) is 22.7 Å². The van der Waals surface area contributed by atoms with Crippen molar-refractivity contribution in [2.24, 2.45) is 0 Å². The molecule has 1 aliphatic carbocycles. The van der Waals surface area contributed by atoms with Crippen molar-refractivity contribution in [2.45, 2.75) is 18.9 Å². The summed E-state index contributed by atoms with van der Waals surface area (Å²) in [4.78, 5) is 11.3. The van der Waals surface area contributed by atoms with E-state index in [9.17, 15) is 4.79 Å². The highest BCUT2D eigenvalue weighted by Crippen LogP contribution is 2.18. The summed E-state index contributed by atoms with van der Waals surface area (Å²) in [5.74, 6) is -0.160. The van der Waals surface area contributed by atoms with Crippen LogP contribution in [0.25, 0.3) is 0 Å². The summed E-state index contributed by atoms with van der Waals surface area (Å²) < 4.78 is 1.27. The van der Waals surface area contributed by atoms with E-state index >= 15 is 0 Å². The Bertz CT molecular complexity index is 302. The molecule has 5 nitrogen and oxygen atoms in total. The van der Waals surface area contributed by atoms with Crippen LogP contribution in [0.4, 0.5) is 0 Å². The molecular weight excluding hydrogens is 156 g/mol. The lowest BCUT2D eigenvalue weighted by molar-refractivity contribution is 0.0946. The summed E-state index contributed by atoms with van der Waals surface area (Å²) in [6.07, 6.45) is 3.65. The Hall–Kier alpha value is -1.39. The normalized spacial score (nSPS) is 16.1. The highest BCUT2D eigenvalue weighted by atomic mass is 16.2. The van der Waals surface area contributed by atoms with Crippen LogP contribution in [-0.2, 0) is 0 Å². The van der Waals surface area contributed by atoms with E-state index in [-0.39, 0.29) is 5.91 Å². The molecule has 12 heavy (non-hydrogen) atoms. The Balaban J connectivity index is 2.03. The summed E-state index contributed by atoms with van der Waals surface area (Å²) in [5, 5.41) is 10.00. The van der Waals surface area contributed by atoms with Gasteiger partial charge in [-0.15, -0.1) is 5.10 Å². The summed E-state index contributed by atoms with van der Waals surface area (Å²) in [6, 6.07) is 0.354. The van der Waals surface area contributed by atoms with Crippen LogP contribution >= 0.6 is 0 Å². The number of hydrogen-bond donors (Lipinski definition) is 1. The first kappa shape index (κ1) is 7.27. The van der Waals surface area contributed by atoms with E-state index < -0.39 is 0 Å². The fraction of sp³-hybridized carbons (Fsp3) is 0.429. The first-order valence-corrected chi connectivity index (χ1v) is 3.80. The van der Waals surface area contributed by atoms with Gasteiger partial charge in [-0.2, -0.15) is 0 Å². The van der Waals surface area contributed by atoms with E-state index in [1.165, 1.54) is 10.9 Å². The van der Waals surface area contributed by atoms with E-state index in [0.29, 0.717) is 11.7 Å². The van der Waals surface area contributed by atoms with E-state index in [0.717, 1.165) is 12.8 Å². The number of rotatable bonds is 2. The van der Waals surface area contributed by atoms with Gasteiger partial charge in [0.2, 0.25) is 0 Å². The molecule has 1 aromatic rings. The van der Waals surface area contributed by atoms with Crippen LogP contribution < -0.4 is 5.32 Å². The number of carbonyl (C=O) groups is 1. The van der Waals surface area contributed by atoms with Crippen LogP contribution in [0.5, 0.6) is 0 Å². The molecule has 0 unspecified atom stereocenters. The van der Waals surface area contributed by atoms with Crippen molar-refractivity contribution in [3.05, 3.63) is 18.9 Å². The van der Waals surface area contributed by atoms with Crippen molar-refractivity contribution in [1.82, 2.24) is 20.3 Å². The molecule has 5 heteroatoms. The SMILES string of the molecule is [CH2]n1cc(C(=O)NC2CC2)nn1. The van der Waals surface area contributed by atoms with Gasteiger partial charge in [0.05, 0.1) is 13.2 Å². The molecule has 0 saturated heterocycles. The summed E-state index contributed by atoms with van der Waals surface area (Å²) in [5.41, 5.74) is 0.330. The topological polar surface area (TPSA) is 59.8 Å². The standard InChI is InChI=1S/C7H9N4O/c1-11-4-6(9-10-11)7(12)8-5-2-3-5/h4-5H,1-3H2,(H,8,12). The highest BCUT2D eigenvalue weighted by molar-refractivity contribution is 5.92. The van der Waals surface area contributed by atoms with Gasteiger partial charge in [0.25, 0.3) is 5.91 Å². The maximum atomic E-state index is 11.3. The number of nitrogens with one attached hydrogen (secondary N) is 1. The number of carbonyl (C=O) groups excluding carboxylic acids is 1. The quantitative estimate of drug-likeness (QED) is 0.660. The first-order valence-electron chi connectivity index (χ1n) is 3.80. The van der Waals surface area contributed by atoms with E-state index in [1.807, 2.05) is 0 Å². The van der Waals surface area contributed by atoms with Crippen molar-refractivity contribution in [1.29, 1.82) is 0 Å². The molecule has 1 fully saturated rings. The minimum absolute atomic E-state index is 0.160. The Morgan fingerprint density at radius 2 is 2.50 bits per heavy atom. The Labute approximate surface area is 69.8 Å². The summed E-state index contributed by atoms with van der Waals surface area (Å²) in [7, 11) is 3.48. The van der Waals surface area contributed by atoms with Crippen molar-refractivity contribution >= 4 is 5.91 Å². The minimum atomic E-state index is -0.160. The molecule has 0 spiro atoms. The molecular formula is C7H9N4O. The molecule has 1 amide bonds. The zero-order valence-corrected chi connectivity index (χ0v) is 6.53. The van der Waals surface area contributed by atoms with E-state index in [1.54, 1.807) is 0 Å². The van der Waals surface area contributed by atoms with Gasteiger partial charge in [0.15, 0.2) is 5.69 Å². The third-order valence-electron chi connectivity index (χ3n) is 1.68. The monoisotopic (exact) mass is 165 g/mol. The van der Waals surface area contributed by atoms with Gasteiger partial charge >= 0.3 is 0 Å². The summed E-state index contributed by atoms with van der Waals surface area (Å²) >= 11 is 0. The maximum absolute atomic E-state index is 11.3. The lowest BCUT2D eigenvalue weighted by Crippen LogP contribution is -2.25. The molecule has 1 radical (unpaired) electrons. The van der Waals surface area contributed by atoms with Gasteiger partial charge in [0.1, 0.15) is 0 Å². The van der Waals surface area contributed by atoms with Crippen LogP contribution in [0.3, 0.4) is 0 Å². The molecule has 0 aromatic carbocycles. The van der Waals surface area contributed by atoms with Crippen molar-refractivity contribution in [3.63, 3.8) is 0 Å². The first-order chi connectivity index (χ1) is 5.75. The van der Waals surface area contributed by atoms with Crippen molar-refractivity contribution in [2.75, 3.05) is 0 Å². The molecule has 1 aliphatic rings. The average molecular weight is 165 g/mol. The van der Waals surface area contributed by atoms with Gasteiger partial charge in [0, 0.05) is 6.04 Å². The van der Waals surface area contributed by atoms with Crippen LogP contribution in [0.2, 0.25) is 0 Å². The molecule has 0 bridgehead atoms. The van der Waals surface area contributed by atoms with Crippen molar-refractivity contribution < 1.29 is 4.79 Å².